The van der Waals surface area contributed by atoms with Crippen molar-refractivity contribution in [1.82, 2.24) is 4.57 Å². The number of rotatable bonds is 4. The van der Waals surface area contributed by atoms with Gasteiger partial charge in [0.25, 0.3) is 0 Å². The molecule has 2 aromatic carbocycles. The smallest absolute Gasteiger partial charge is 0.126 e. The molecule has 164 valence electrons. The molecule has 0 bridgehead atoms. The Bertz CT molecular complexity index is 1080. The molecule has 0 amide bonds. The SMILES string of the molecule is Cc1cc(-n2c(C3CCSCC3)c(CC3CCCCC3)c3cc(O)ccc32)ccc1F. The summed E-state index contributed by atoms with van der Waals surface area (Å²) in [5.74, 6) is 3.80. The van der Waals surface area contributed by atoms with Crippen LogP contribution in [-0.4, -0.2) is 21.2 Å². The molecule has 0 atom stereocenters. The summed E-state index contributed by atoms with van der Waals surface area (Å²) in [6.45, 7) is 1.84. The van der Waals surface area contributed by atoms with E-state index in [1.54, 1.807) is 12.1 Å². The minimum absolute atomic E-state index is 0.157. The van der Waals surface area contributed by atoms with Gasteiger partial charge < -0.3 is 9.67 Å². The maximum atomic E-state index is 14.1. The molecule has 1 N–H and O–H groups in total. The van der Waals surface area contributed by atoms with Crippen molar-refractivity contribution < 1.29 is 9.50 Å². The number of hydrogen-bond donors (Lipinski definition) is 1. The summed E-state index contributed by atoms with van der Waals surface area (Å²) in [4.78, 5) is 0. The number of fused-ring (bicyclic) bond motifs is 1. The zero-order chi connectivity index (χ0) is 21.4. The van der Waals surface area contributed by atoms with Crippen molar-refractivity contribution in [3.05, 3.63) is 59.0 Å². The van der Waals surface area contributed by atoms with Gasteiger partial charge >= 0.3 is 0 Å². The second-order valence-corrected chi connectivity index (χ2v) is 10.7. The van der Waals surface area contributed by atoms with E-state index in [0.29, 0.717) is 17.2 Å². The average Bonchev–Trinajstić information content (AvgIpc) is 3.10. The van der Waals surface area contributed by atoms with Crippen LogP contribution in [0.1, 0.15) is 67.7 Å². The number of aryl methyl sites for hydroxylation is 1. The molecule has 31 heavy (non-hydrogen) atoms. The molecule has 3 aromatic rings. The first-order valence-corrected chi connectivity index (χ1v) is 13.0. The Morgan fingerprint density at radius 2 is 1.77 bits per heavy atom. The molecule has 1 aromatic heterocycles. The number of benzene rings is 2. The average molecular weight is 438 g/mol. The van der Waals surface area contributed by atoms with Crippen molar-refractivity contribution in [1.29, 1.82) is 0 Å². The molecular weight excluding hydrogens is 405 g/mol. The lowest BCUT2D eigenvalue weighted by Gasteiger charge is -2.27. The highest BCUT2D eigenvalue weighted by Crippen LogP contribution is 2.43. The fraction of sp³-hybridized carbons (Fsp3) is 0.481. The van der Waals surface area contributed by atoms with E-state index in [0.717, 1.165) is 23.5 Å². The molecular formula is C27H32FNOS. The molecule has 2 nitrogen and oxygen atoms in total. The van der Waals surface area contributed by atoms with Crippen LogP contribution in [0.3, 0.4) is 0 Å². The van der Waals surface area contributed by atoms with Crippen molar-refractivity contribution in [2.24, 2.45) is 5.92 Å². The van der Waals surface area contributed by atoms with Crippen molar-refractivity contribution >= 4 is 22.7 Å². The van der Waals surface area contributed by atoms with Gasteiger partial charge in [-0.2, -0.15) is 11.8 Å². The fourth-order valence-corrected chi connectivity index (χ4v) is 6.81. The first kappa shape index (κ1) is 20.9. The Hall–Kier alpha value is -1.94. The summed E-state index contributed by atoms with van der Waals surface area (Å²) in [7, 11) is 0. The molecule has 1 saturated carbocycles. The van der Waals surface area contributed by atoms with Crippen LogP contribution in [0.5, 0.6) is 5.75 Å². The zero-order valence-electron chi connectivity index (χ0n) is 18.4. The van der Waals surface area contributed by atoms with Crippen LogP contribution in [0.15, 0.2) is 36.4 Å². The number of hydrogen-bond acceptors (Lipinski definition) is 2. The number of thioether (sulfide) groups is 1. The predicted octanol–water partition coefficient (Wildman–Crippen LogP) is 7.52. The molecule has 2 fully saturated rings. The fourth-order valence-electron chi connectivity index (χ4n) is 5.70. The third kappa shape index (κ3) is 4.11. The maximum absolute atomic E-state index is 14.1. The highest BCUT2D eigenvalue weighted by molar-refractivity contribution is 7.99. The summed E-state index contributed by atoms with van der Waals surface area (Å²) >= 11 is 2.05. The van der Waals surface area contributed by atoms with E-state index >= 15 is 0 Å². The van der Waals surface area contributed by atoms with E-state index in [1.165, 1.54) is 73.1 Å². The third-order valence-electron chi connectivity index (χ3n) is 7.32. The van der Waals surface area contributed by atoms with Gasteiger partial charge in [-0.15, -0.1) is 0 Å². The minimum Gasteiger partial charge on any atom is -0.508 e. The molecule has 5 rings (SSSR count). The van der Waals surface area contributed by atoms with Gasteiger partial charge in [-0.3, -0.25) is 0 Å². The monoisotopic (exact) mass is 437 g/mol. The normalized spacial score (nSPS) is 18.6. The lowest BCUT2D eigenvalue weighted by molar-refractivity contribution is 0.356. The van der Waals surface area contributed by atoms with Gasteiger partial charge in [0.2, 0.25) is 0 Å². The van der Waals surface area contributed by atoms with Crippen molar-refractivity contribution in [3.63, 3.8) is 0 Å². The molecule has 4 heteroatoms. The molecule has 2 aliphatic rings. The second kappa shape index (κ2) is 8.90. The van der Waals surface area contributed by atoms with Crippen LogP contribution in [0.25, 0.3) is 16.6 Å². The minimum atomic E-state index is -0.157. The number of aromatic hydroxyl groups is 1. The summed E-state index contributed by atoms with van der Waals surface area (Å²) in [6.07, 6.45) is 10.1. The zero-order valence-corrected chi connectivity index (χ0v) is 19.2. The van der Waals surface area contributed by atoms with E-state index in [2.05, 4.69) is 22.4 Å². The number of phenolic OH excluding ortho intramolecular Hbond substituents is 1. The highest BCUT2D eigenvalue weighted by Gasteiger charge is 2.28. The largest absolute Gasteiger partial charge is 0.508 e. The van der Waals surface area contributed by atoms with Gasteiger partial charge in [0.15, 0.2) is 0 Å². The highest BCUT2D eigenvalue weighted by atomic mass is 32.2. The summed E-state index contributed by atoms with van der Waals surface area (Å²) in [5, 5.41) is 11.5. The van der Waals surface area contributed by atoms with Crippen LogP contribution >= 0.6 is 11.8 Å². The topological polar surface area (TPSA) is 25.2 Å². The Balaban J connectivity index is 1.73. The third-order valence-corrected chi connectivity index (χ3v) is 8.37. The molecule has 1 aliphatic heterocycles. The van der Waals surface area contributed by atoms with E-state index < -0.39 is 0 Å². The number of phenols is 1. The van der Waals surface area contributed by atoms with Crippen LogP contribution < -0.4 is 0 Å². The van der Waals surface area contributed by atoms with Gasteiger partial charge in [0.05, 0.1) is 5.52 Å². The number of halogens is 1. The molecule has 1 aliphatic carbocycles. The lowest BCUT2D eigenvalue weighted by atomic mass is 9.82. The van der Waals surface area contributed by atoms with Crippen LogP contribution in [0.2, 0.25) is 0 Å². The summed E-state index contributed by atoms with van der Waals surface area (Å²) < 4.78 is 16.5. The summed E-state index contributed by atoms with van der Waals surface area (Å²) in [5.41, 5.74) is 5.70. The first-order valence-electron chi connectivity index (χ1n) is 11.8. The molecule has 0 radical (unpaired) electrons. The van der Waals surface area contributed by atoms with Gasteiger partial charge in [-0.1, -0.05) is 32.1 Å². The van der Waals surface area contributed by atoms with Crippen molar-refractivity contribution in [3.8, 4) is 11.4 Å². The summed E-state index contributed by atoms with van der Waals surface area (Å²) in [6, 6.07) is 11.3. The van der Waals surface area contributed by atoms with Crippen LogP contribution in [0, 0.1) is 18.7 Å². The molecule has 1 saturated heterocycles. The first-order chi connectivity index (χ1) is 15.1. The van der Waals surface area contributed by atoms with E-state index in [9.17, 15) is 9.50 Å². The second-order valence-electron chi connectivity index (χ2n) is 9.43. The van der Waals surface area contributed by atoms with Gasteiger partial charge in [0.1, 0.15) is 11.6 Å². The quantitative estimate of drug-likeness (QED) is 0.457. The van der Waals surface area contributed by atoms with Crippen LogP contribution in [0.4, 0.5) is 4.39 Å². The van der Waals surface area contributed by atoms with Gasteiger partial charge in [-0.05, 0) is 91.1 Å². The Morgan fingerprint density at radius 1 is 1.00 bits per heavy atom. The van der Waals surface area contributed by atoms with Crippen LogP contribution in [-0.2, 0) is 6.42 Å². The number of nitrogens with zero attached hydrogens (tertiary/aromatic N) is 1. The Labute approximate surface area is 188 Å². The molecule has 2 heterocycles. The Kier molecular flexibility index (Phi) is 6.01. The lowest BCUT2D eigenvalue weighted by Crippen LogP contribution is -2.16. The van der Waals surface area contributed by atoms with Gasteiger partial charge in [0, 0.05) is 22.7 Å². The Morgan fingerprint density at radius 3 is 2.52 bits per heavy atom. The predicted molar refractivity (Wildman–Crippen MR) is 129 cm³/mol. The van der Waals surface area contributed by atoms with Crippen molar-refractivity contribution in [2.45, 2.75) is 64.2 Å². The van der Waals surface area contributed by atoms with Crippen molar-refractivity contribution in [2.75, 3.05) is 11.5 Å². The van der Waals surface area contributed by atoms with Gasteiger partial charge in [-0.25, -0.2) is 4.39 Å². The molecule has 0 spiro atoms. The molecule has 0 unspecified atom stereocenters. The van der Waals surface area contributed by atoms with E-state index in [-0.39, 0.29) is 5.82 Å². The number of aromatic nitrogens is 1. The van der Waals surface area contributed by atoms with E-state index in [4.69, 9.17) is 0 Å². The maximum Gasteiger partial charge on any atom is 0.126 e. The van der Waals surface area contributed by atoms with E-state index in [1.807, 2.05) is 25.1 Å². The standard InChI is InChI=1S/C27H32FNOS/c1-18-15-21(7-9-25(18)28)29-26-10-8-22(30)17-23(26)24(16-19-5-3-2-4-6-19)27(29)20-11-13-31-14-12-20/h7-10,15,17,19-20,30H,2-6,11-14,16H2,1H3.